The third-order valence-corrected chi connectivity index (χ3v) is 3.21. The minimum atomic E-state index is -0.251. The number of ether oxygens (including phenoxy) is 1. The average molecular weight is 266 g/mol. The highest BCUT2D eigenvalue weighted by atomic mass is 32.1. The molecule has 3 nitrogen and oxygen atoms in total. The highest BCUT2D eigenvalue weighted by molar-refractivity contribution is 7.14. The second kappa shape index (κ2) is 5.93. The van der Waals surface area contributed by atoms with E-state index in [0.29, 0.717) is 17.9 Å². The predicted octanol–water partition coefficient (Wildman–Crippen LogP) is 3.40. The van der Waals surface area contributed by atoms with E-state index in [9.17, 15) is 4.39 Å². The van der Waals surface area contributed by atoms with Gasteiger partial charge in [0, 0.05) is 24.1 Å². The van der Waals surface area contributed by atoms with Gasteiger partial charge in [-0.2, -0.15) is 0 Å². The lowest BCUT2D eigenvalue weighted by atomic mass is 10.2. The Morgan fingerprint density at radius 1 is 1.44 bits per heavy atom. The Kier molecular flexibility index (Phi) is 4.28. The van der Waals surface area contributed by atoms with Crippen LogP contribution in [0.5, 0.6) is 0 Å². The summed E-state index contributed by atoms with van der Waals surface area (Å²) < 4.78 is 18.6. The summed E-state index contributed by atoms with van der Waals surface area (Å²) in [7, 11) is 1.66. The summed E-state index contributed by atoms with van der Waals surface area (Å²) in [5.41, 5.74) is 1.19. The Balaban J connectivity index is 2.13. The number of halogens is 1. The van der Waals surface area contributed by atoms with Gasteiger partial charge in [0.15, 0.2) is 5.13 Å². The van der Waals surface area contributed by atoms with Gasteiger partial charge in [-0.15, -0.1) is 11.3 Å². The van der Waals surface area contributed by atoms with E-state index in [1.165, 1.54) is 17.4 Å². The smallest absolute Gasteiger partial charge is 0.183 e. The first kappa shape index (κ1) is 13.0. The maximum Gasteiger partial charge on any atom is 0.183 e. The van der Waals surface area contributed by atoms with E-state index < -0.39 is 0 Å². The highest BCUT2D eigenvalue weighted by Crippen LogP contribution is 2.27. The Morgan fingerprint density at radius 3 is 2.94 bits per heavy atom. The summed E-state index contributed by atoms with van der Waals surface area (Å²) in [6, 6.07) is 6.82. The summed E-state index contributed by atoms with van der Waals surface area (Å²) >= 11 is 1.46. The molecule has 18 heavy (non-hydrogen) atoms. The van der Waals surface area contributed by atoms with Crippen molar-refractivity contribution < 1.29 is 9.13 Å². The molecular formula is C13H15FN2OS. The number of nitrogens with zero attached hydrogens (tertiary/aromatic N) is 1. The average Bonchev–Trinajstić information content (AvgIpc) is 2.78. The van der Waals surface area contributed by atoms with Crippen molar-refractivity contribution in [2.45, 2.75) is 13.0 Å². The molecule has 0 radical (unpaired) electrons. The zero-order valence-corrected chi connectivity index (χ0v) is 11.1. The van der Waals surface area contributed by atoms with Crippen molar-refractivity contribution in [3.63, 3.8) is 0 Å². The van der Waals surface area contributed by atoms with Crippen LogP contribution in [0.3, 0.4) is 0 Å². The fraction of sp³-hybridized carbons (Fsp3) is 0.308. The summed E-state index contributed by atoms with van der Waals surface area (Å²) in [6.45, 7) is 2.61. The molecule has 1 unspecified atom stereocenters. The fourth-order valence-electron chi connectivity index (χ4n) is 1.64. The quantitative estimate of drug-likeness (QED) is 0.900. The third kappa shape index (κ3) is 3.05. The van der Waals surface area contributed by atoms with Crippen LogP contribution in [0.25, 0.3) is 11.3 Å². The van der Waals surface area contributed by atoms with Crippen LogP contribution in [0, 0.1) is 5.82 Å². The molecule has 1 N–H and O–H groups in total. The van der Waals surface area contributed by atoms with Gasteiger partial charge >= 0.3 is 0 Å². The van der Waals surface area contributed by atoms with Gasteiger partial charge in [-0.1, -0.05) is 12.1 Å². The maximum absolute atomic E-state index is 13.6. The monoisotopic (exact) mass is 266 g/mol. The molecule has 0 aliphatic rings. The number of anilines is 1. The highest BCUT2D eigenvalue weighted by Gasteiger charge is 2.10. The molecule has 0 amide bonds. The number of thiazole rings is 1. The Bertz CT molecular complexity index is 515. The van der Waals surface area contributed by atoms with Crippen LogP contribution in [0.15, 0.2) is 29.6 Å². The first-order valence-electron chi connectivity index (χ1n) is 5.66. The number of nitrogens with one attached hydrogen (secondary N) is 1. The minimum absolute atomic E-state index is 0.176. The zero-order valence-electron chi connectivity index (χ0n) is 10.3. The Morgan fingerprint density at radius 2 is 2.22 bits per heavy atom. The van der Waals surface area contributed by atoms with Gasteiger partial charge in [0.2, 0.25) is 0 Å². The third-order valence-electron chi connectivity index (χ3n) is 2.44. The van der Waals surface area contributed by atoms with E-state index in [2.05, 4.69) is 10.3 Å². The Labute approximate surface area is 110 Å². The molecule has 5 heteroatoms. The van der Waals surface area contributed by atoms with Crippen LogP contribution in [-0.2, 0) is 4.74 Å². The summed E-state index contributed by atoms with van der Waals surface area (Å²) in [4.78, 5) is 4.38. The second-order valence-corrected chi connectivity index (χ2v) is 4.88. The van der Waals surface area contributed by atoms with E-state index in [1.807, 2.05) is 12.3 Å². The topological polar surface area (TPSA) is 34.1 Å². The molecule has 1 atom stereocenters. The van der Waals surface area contributed by atoms with Gasteiger partial charge in [0.25, 0.3) is 0 Å². The molecule has 1 aromatic heterocycles. The molecule has 0 aliphatic heterocycles. The number of benzene rings is 1. The van der Waals surface area contributed by atoms with Crippen molar-refractivity contribution in [1.82, 2.24) is 4.98 Å². The summed E-state index contributed by atoms with van der Waals surface area (Å²) in [5.74, 6) is -0.251. The van der Waals surface area contributed by atoms with E-state index >= 15 is 0 Å². The molecule has 0 bridgehead atoms. The molecule has 0 aliphatic carbocycles. The van der Waals surface area contributed by atoms with Crippen molar-refractivity contribution in [3.8, 4) is 11.3 Å². The van der Waals surface area contributed by atoms with Gasteiger partial charge < -0.3 is 10.1 Å². The van der Waals surface area contributed by atoms with Gasteiger partial charge in [0.1, 0.15) is 5.82 Å². The van der Waals surface area contributed by atoms with Crippen molar-refractivity contribution in [3.05, 3.63) is 35.5 Å². The van der Waals surface area contributed by atoms with E-state index in [1.54, 1.807) is 25.3 Å². The number of rotatable bonds is 5. The van der Waals surface area contributed by atoms with Crippen LogP contribution in [0.2, 0.25) is 0 Å². The standard InChI is InChI=1S/C13H15FN2OS/c1-9(7-17-2)15-13-16-12(8-18-13)10-5-3-4-6-11(10)14/h3-6,8-9H,7H2,1-2H3,(H,15,16). The maximum atomic E-state index is 13.6. The molecule has 2 aromatic rings. The minimum Gasteiger partial charge on any atom is -0.383 e. The van der Waals surface area contributed by atoms with Crippen molar-refractivity contribution in [2.24, 2.45) is 0 Å². The summed E-state index contributed by atoms with van der Waals surface area (Å²) in [6.07, 6.45) is 0. The lowest BCUT2D eigenvalue weighted by Crippen LogP contribution is -2.20. The van der Waals surface area contributed by atoms with Crippen LogP contribution >= 0.6 is 11.3 Å². The van der Waals surface area contributed by atoms with Crippen molar-refractivity contribution in [2.75, 3.05) is 19.0 Å². The molecule has 1 aromatic carbocycles. The largest absolute Gasteiger partial charge is 0.383 e. The molecule has 96 valence electrons. The van der Waals surface area contributed by atoms with Gasteiger partial charge in [0.05, 0.1) is 12.3 Å². The molecule has 0 fully saturated rings. The molecule has 2 rings (SSSR count). The molecule has 0 spiro atoms. The molecule has 1 heterocycles. The van der Waals surface area contributed by atoms with Crippen LogP contribution < -0.4 is 5.32 Å². The van der Waals surface area contributed by atoms with E-state index in [-0.39, 0.29) is 11.9 Å². The molecular weight excluding hydrogens is 251 g/mol. The first-order valence-corrected chi connectivity index (χ1v) is 6.54. The van der Waals surface area contributed by atoms with Crippen LogP contribution in [-0.4, -0.2) is 24.7 Å². The van der Waals surface area contributed by atoms with Crippen molar-refractivity contribution >= 4 is 16.5 Å². The predicted molar refractivity (Wildman–Crippen MR) is 72.5 cm³/mol. The van der Waals surface area contributed by atoms with Gasteiger partial charge in [-0.3, -0.25) is 0 Å². The fourth-order valence-corrected chi connectivity index (χ4v) is 2.46. The zero-order chi connectivity index (χ0) is 13.0. The normalized spacial score (nSPS) is 12.4. The summed E-state index contributed by atoms with van der Waals surface area (Å²) in [5, 5.41) is 5.84. The van der Waals surface area contributed by atoms with E-state index in [4.69, 9.17) is 4.74 Å². The van der Waals surface area contributed by atoms with Gasteiger partial charge in [-0.05, 0) is 19.1 Å². The molecule has 0 saturated heterocycles. The number of hydrogen-bond acceptors (Lipinski definition) is 4. The Hall–Kier alpha value is -1.46. The lowest BCUT2D eigenvalue weighted by molar-refractivity contribution is 0.190. The first-order chi connectivity index (χ1) is 8.70. The number of aromatic nitrogens is 1. The lowest BCUT2D eigenvalue weighted by Gasteiger charge is -2.10. The van der Waals surface area contributed by atoms with Crippen LogP contribution in [0.4, 0.5) is 9.52 Å². The second-order valence-electron chi connectivity index (χ2n) is 4.02. The van der Waals surface area contributed by atoms with E-state index in [0.717, 1.165) is 5.13 Å². The number of methoxy groups -OCH3 is 1. The van der Waals surface area contributed by atoms with Crippen LogP contribution in [0.1, 0.15) is 6.92 Å². The number of hydrogen-bond donors (Lipinski definition) is 1. The van der Waals surface area contributed by atoms with Gasteiger partial charge in [-0.25, -0.2) is 9.37 Å². The molecule has 0 saturated carbocycles. The van der Waals surface area contributed by atoms with Crippen molar-refractivity contribution in [1.29, 1.82) is 0 Å². The SMILES string of the molecule is COCC(C)Nc1nc(-c2ccccc2F)cs1.